The summed E-state index contributed by atoms with van der Waals surface area (Å²) in [5, 5.41) is 5.85. The molecule has 33 heavy (non-hydrogen) atoms. The van der Waals surface area contributed by atoms with Crippen molar-refractivity contribution in [2.45, 2.75) is 38.7 Å². The maximum Gasteiger partial charge on any atom is 0.346 e. The molecule has 1 aromatic heterocycles. The highest BCUT2D eigenvalue weighted by Gasteiger charge is 2.25. The van der Waals surface area contributed by atoms with E-state index in [2.05, 4.69) is 19.9 Å². The molecule has 1 aromatic carbocycles. The van der Waals surface area contributed by atoms with Gasteiger partial charge in [-0.1, -0.05) is 6.07 Å². The second-order valence-electron chi connectivity index (χ2n) is 8.15. The summed E-state index contributed by atoms with van der Waals surface area (Å²) in [4.78, 5) is 27.1. The molecule has 9 nitrogen and oxygen atoms in total. The first kappa shape index (κ1) is 23.3. The minimum atomic E-state index is -0.609. The fraction of sp³-hybridized carbons (Fsp3) is 0.522. The number of hydrogen-bond acceptors (Lipinski definition) is 8. The number of likely N-dealkylation sites (tertiary alicyclic amines) is 1. The molecule has 2 amide bonds. The summed E-state index contributed by atoms with van der Waals surface area (Å²) in [7, 11) is 1.29. The van der Waals surface area contributed by atoms with Crippen LogP contribution >= 0.6 is 11.5 Å². The predicted octanol–water partition coefficient (Wildman–Crippen LogP) is 3.44. The van der Waals surface area contributed by atoms with Gasteiger partial charge in [-0.25, -0.2) is 9.59 Å². The lowest BCUT2D eigenvalue weighted by Crippen LogP contribution is -2.30. The van der Waals surface area contributed by atoms with Gasteiger partial charge in [-0.05, 0) is 80.1 Å². The lowest BCUT2D eigenvalue weighted by Gasteiger charge is -2.14. The Bertz CT molecular complexity index is 974. The van der Waals surface area contributed by atoms with E-state index < -0.39 is 5.97 Å². The molecule has 3 heterocycles. The molecule has 2 aromatic rings. The van der Waals surface area contributed by atoms with Crippen LogP contribution in [0.15, 0.2) is 18.2 Å². The fourth-order valence-electron chi connectivity index (χ4n) is 4.04. The number of ether oxygens (including phenoxy) is 3. The van der Waals surface area contributed by atoms with Gasteiger partial charge in [0.25, 0.3) is 0 Å². The van der Waals surface area contributed by atoms with Crippen molar-refractivity contribution in [2.75, 3.05) is 45.2 Å². The second-order valence-corrected chi connectivity index (χ2v) is 8.92. The number of anilines is 1. The molecule has 0 bridgehead atoms. The van der Waals surface area contributed by atoms with Gasteiger partial charge in [0.1, 0.15) is 17.4 Å². The number of fused-ring (bicyclic) bond motifs is 1. The van der Waals surface area contributed by atoms with Gasteiger partial charge >= 0.3 is 12.0 Å². The number of urea groups is 1. The SMILES string of the molecule is COC(=O)c1c(OCc2ccc3c(c2)CCO3)nsc1NC(=O)NCCCCN1CCCC1. The molecule has 2 aliphatic heterocycles. The van der Waals surface area contributed by atoms with Gasteiger partial charge in [0.15, 0.2) is 5.56 Å². The van der Waals surface area contributed by atoms with Crippen LogP contribution in [-0.2, 0) is 17.8 Å². The zero-order valence-corrected chi connectivity index (χ0v) is 19.7. The third-order valence-corrected chi connectivity index (χ3v) is 6.54. The van der Waals surface area contributed by atoms with Gasteiger partial charge in [-0.15, -0.1) is 0 Å². The van der Waals surface area contributed by atoms with Crippen molar-refractivity contribution in [1.29, 1.82) is 0 Å². The van der Waals surface area contributed by atoms with E-state index in [0.717, 1.165) is 54.2 Å². The maximum absolute atomic E-state index is 12.4. The van der Waals surface area contributed by atoms with Crippen LogP contribution in [0, 0.1) is 0 Å². The molecule has 1 fully saturated rings. The van der Waals surface area contributed by atoms with Gasteiger partial charge in [0.05, 0.1) is 13.7 Å². The van der Waals surface area contributed by atoms with Gasteiger partial charge in [0, 0.05) is 13.0 Å². The third-order valence-electron chi connectivity index (χ3n) is 5.79. The van der Waals surface area contributed by atoms with Crippen LogP contribution in [0.5, 0.6) is 11.6 Å². The quantitative estimate of drug-likeness (QED) is 0.402. The zero-order chi connectivity index (χ0) is 23.0. The largest absolute Gasteiger partial charge is 0.493 e. The molecule has 0 spiro atoms. The Morgan fingerprint density at radius 3 is 2.91 bits per heavy atom. The predicted molar refractivity (Wildman–Crippen MR) is 125 cm³/mol. The first-order valence-corrected chi connectivity index (χ1v) is 12.1. The van der Waals surface area contributed by atoms with Gasteiger partial charge < -0.3 is 24.4 Å². The first-order valence-electron chi connectivity index (χ1n) is 11.4. The summed E-state index contributed by atoms with van der Waals surface area (Å²) in [6.07, 6.45) is 5.38. The molecule has 10 heteroatoms. The van der Waals surface area contributed by atoms with Crippen LogP contribution in [0.4, 0.5) is 9.80 Å². The van der Waals surface area contributed by atoms with Crippen molar-refractivity contribution in [1.82, 2.24) is 14.6 Å². The molecule has 0 radical (unpaired) electrons. The summed E-state index contributed by atoms with van der Waals surface area (Å²) in [5.74, 6) is 0.433. The molecule has 0 saturated carbocycles. The number of amides is 2. The van der Waals surface area contributed by atoms with Crippen molar-refractivity contribution in [3.05, 3.63) is 34.9 Å². The minimum absolute atomic E-state index is 0.121. The van der Waals surface area contributed by atoms with Crippen LogP contribution < -0.4 is 20.1 Å². The normalized spacial score (nSPS) is 15.1. The second kappa shape index (κ2) is 11.3. The van der Waals surface area contributed by atoms with Crippen molar-refractivity contribution in [2.24, 2.45) is 0 Å². The molecule has 2 aliphatic rings. The Morgan fingerprint density at radius 1 is 1.24 bits per heavy atom. The van der Waals surface area contributed by atoms with E-state index in [4.69, 9.17) is 14.2 Å². The first-order chi connectivity index (χ1) is 16.1. The Morgan fingerprint density at radius 2 is 2.09 bits per heavy atom. The van der Waals surface area contributed by atoms with Crippen molar-refractivity contribution < 1.29 is 23.8 Å². The number of rotatable bonds is 10. The zero-order valence-electron chi connectivity index (χ0n) is 18.9. The Balaban J connectivity index is 1.29. The molecule has 0 unspecified atom stereocenters. The molecular formula is C23H30N4O5S. The lowest BCUT2D eigenvalue weighted by atomic mass is 10.1. The van der Waals surface area contributed by atoms with Crippen LogP contribution in [0.1, 0.15) is 47.2 Å². The fourth-order valence-corrected chi connectivity index (χ4v) is 4.76. The van der Waals surface area contributed by atoms with E-state index in [1.165, 1.54) is 33.0 Å². The monoisotopic (exact) mass is 474 g/mol. The number of carbonyl (C=O) groups excluding carboxylic acids is 2. The van der Waals surface area contributed by atoms with Gasteiger partial charge in [-0.2, -0.15) is 4.37 Å². The summed E-state index contributed by atoms with van der Waals surface area (Å²) in [6.45, 7) is 4.93. The van der Waals surface area contributed by atoms with Crippen molar-refractivity contribution in [3.8, 4) is 11.6 Å². The van der Waals surface area contributed by atoms with E-state index in [-0.39, 0.29) is 24.1 Å². The highest BCUT2D eigenvalue weighted by Crippen LogP contribution is 2.32. The molecule has 2 N–H and O–H groups in total. The van der Waals surface area contributed by atoms with Crippen LogP contribution in [0.3, 0.4) is 0 Å². The number of hydrogen-bond donors (Lipinski definition) is 2. The number of esters is 1. The number of nitrogens with one attached hydrogen (secondary N) is 2. The number of unbranched alkanes of at least 4 members (excludes halogenated alkanes) is 1. The van der Waals surface area contributed by atoms with E-state index in [9.17, 15) is 9.59 Å². The highest BCUT2D eigenvalue weighted by atomic mass is 32.1. The van der Waals surface area contributed by atoms with Crippen molar-refractivity contribution in [3.63, 3.8) is 0 Å². The van der Waals surface area contributed by atoms with E-state index in [0.29, 0.717) is 18.2 Å². The Labute approximate surface area is 197 Å². The van der Waals surface area contributed by atoms with E-state index >= 15 is 0 Å². The molecule has 0 atom stereocenters. The molecule has 4 rings (SSSR count). The number of carbonyl (C=O) groups is 2. The average Bonchev–Trinajstić information content (AvgIpc) is 3.58. The van der Waals surface area contributed by atoms with E-state index in [1.807, 2.05) is 18.2 Å². The van der Waals surface area contributed by atoms with E-state index in [1.54, 1.807) is 0 Å². The number of methoxy groups -OCH3 is 1. The van der Waals surface area contributed by atoms with Crippen molar-refractivity contribution >= 4 is 28.5 Å². The molecule has 1 saturated heterocycles. The topological polar surface area (TPSA) is 102 Å². The Hall–Kier alpha value is -2.85. The number of nitrogens with zero attached hydrogens (tertiary/aromatic N) is 2. The lowest BCUT2D eigenvalue weighted by molar-refractivity contribution is 0.0596. The van der Waals surface area contributed by atoms with Crippen LogP contribution in [0.2, 0.25) is 0 Å². The van der Waals surface area contributed by atoms with Gasteiger partial charge in [-0.3, -0.25) is 5.32 Å². The minimum Gasteiger partial charge on any atom is -0.493 e. The van der Waals surface area contributed by atoms with Gasteiger partial charge in [0.2, 0.25) is 5.88 Å². The summed E-state index contributed by atoms with van der Waals surface area (Å²) in [5.41, 5.74) is 2.21. The number of benzene rings is 1. The number of aromatic nitrogens is 1. The summed E-state index contributed by atoms with van der Waals surface area (Å²) in [6, 6.07) is 5.49. The summed E-state index contributed by atoms with van der Waals surface area (Å²) >= 11 is 0.990. The van der Waals surface area contributed by atoms with Crippen LogP contribution in [-0.4, -0.2) is 61.2 Å². The highest BCUT2D eigenvalue weighted by molar-refractivity contribution is 7.11. The van der Waals surface area contributed by atoms with Crippen LogP contribution in [0.25, 0.3) is 0 Å². The molecule has 178 valence electrons. The maximum atomic E-state index is 12.4. The smallest absolute Gasteiger partial charge is 0.346 e. The standard InChI is InChI=1S/C23H30N4O5S/c1-30-22(28)19-20(32-15-16-6-7-18-17(14-16)8-13-31-18)26-33-21(19)25-23(29)24-9-2-3-10-27-11-4-5-12-27/h6-7,14H,2-5,8-13,15H2,1H3,(H2,24,25,29). The molecule has 0 aliphatic carbocycles. The summed E-state index contributed by atoms with van der Waals surface area (Å²) < 4.78 is 20.4. The third kappa shape index (κ3) is 6.14. The Kier molecular flexibility index (Phi) is 8.01. The molecular weight excluding hydrogens is 444 g/mol. The average molecular weight is 475 g/mol.